The van der Waals surface area contributed by atoms with Crippen LogP contribution in [0, 0.1) is 0 Å². The number of carbonyl (C=O) groups excluding carboxylic acids is 1. The number of hydrogen-bond donors (Lipinski definition) is 1. The molecule has 0 aliphatic carbocycles. The van der Waals surface area contributed by atoms with Crippen molar-refractivity contribution in [2.24, 2.45) is 0 Å². The molecule has 1 saturated heterocycles. The maximum Gasteiger partial charge on any atom is 0.338 e. The van der Waals surface area contributed by atoms with Crippen molar-refractivity contribution in [3.8, 4) is 0 Å². The molecule has 1 fully saturated rings. The van der Waals surface area contributed by atoms with Crippen molar-refractivity contribution in [1.29, 1.82) is 0 Å². The van der Waals surface area contributed by atoms with E-state index in [9.17, 15) is 4.79 Å². The largest absolute Gasteiger partial charge is 0.462 e. The second-order valence-corrected chi connectivity index (χ2v) is 3.86. The minimum atomic E-state index is -0.295. The lowest BCUT2D eigenvalue weighted by atomic mass is 10.2. The number of nitrogens with two attached hydrogens (primary N) is 1. The van der Waals surface area contributed by atoms with Gasteiger partial charge in [-0.2, -0.15) is 0 Å². The number of epoxide rings is 1. The molecule has 4 heteroatoms. The molecule has 16 heavy (non-hydrogen) atoms. The summed E-state index contributed by atoms with van der Waals surface area (Å²) in [6, 6.07) is 6.71. The number of rotatable bonds is 5. The summed E-state index contributed by atoms with van der Waals surface area (Å²) in [6.07, 6.45) is 2.22. The van der Waals surface area contributed by atoms with Crippen LogP contribution < -0.4 is 5.73 Å². The van der Waals surface area contributed by atoms with Gasteiger partial charge in [-0.15, -0.1) is 0 Å². The fourth-order valence-corrected chi connectivity index (χ4v) is 1.41. The van der Waals surface area contributed by atoms with Gasteiger partial charge in [-0.25, -0.2) is 4.79 Å². The molecular weight excluding hydrogens is 206 g/mol. The molecule has 1 aliphatic rings. The Morgan fingerprint density at radius 3 is 2.75 bits per heavy atom. The first-order valence-electron chi connectivity index (χ1n) is 5.40. The average Bonchev–Trinajstić information content (AvgIpc) is 3.09. The van der Waals surface area contributed by atoms with Crippen molar-refractivity contribution in [1.82, 2.24) is 0 Å². The highest BCUT2D eigenvalue weighted by molar-refractivity contribution is 5.89. The van der Waals surface area contributed by atoms with Gasteiger partial charge in [0.1, 0.15) is 0 Å². The van der Waals surface area contributed by atoms with Crippen molar-refractivity contribution in [3.05, 3.63) is 29.8 Å². The quantitative estimate of drug-likeness (QED) is 0.355. The van der Waals surface area contributed by atoms with Crippen LogP contribution >= 0.6 is 0 Å². The monoisotopic (exact) mass is 221 g/mol. The van der Waals surface area contributed by atoms with Gasteiger partial charge in [-0.1, -0.05) is 0 Å². The van der Waals surface area contributed by atoms with E-state index < -0.39 is 0 Å². The third-order valence-corrected chi connectivity index (χ3v) is 2.45. The summed E-state index contributed by atoms with van der Waals surface area (Å²) in [4.78, 5) is 11.5. The Morgan fingerprint density at radius 2 is 2.12 bits per heavy atom. The lowest BCUT2D eigenvalue weighted by Crippen LogP contribution is -2.07. The fraction of sp³-hybridized carbons (Fsp3) is 0.417. The molecule has 4 nitrogen and oxygen atoms in total. The fourth-order valence-electron chi connectivity index (χ4n) is 1.41. The Bertz CT molecular complexity index is 357. The van der Waals surface area contributed by atoms with Gasteiger partial charge in [0, 0.05) is 5.69 Å². The number of carbonyl (C=O) groups is 1. The second-order valence-electron chi connectivity index (χ2n) is 3.86. The average molecular weight is 221 g/mol. The van der Waals surface area contributed by atoms with Crippen LogP contribution in [0.4, 0.5) is 5.69 Å². The molecule has 0 spiro atoms. The Hall–Kier alpha value is -1.55. The Morgan fingerprint density at radius 1 is 1.44 bits per heavy atom. The van der Waals surface area contributed by atoms with E-state index in [2.05, 4.69) is 0 Å². The van der Waals surface area contributed by atoms with Gasteiger partial charge >= 0.3 is 5.97 Å². The van der Waals surface area contributed by atoms with Crippen LogP contribution in [-0.2, 0) is 9.47 Å². The predicted molar refractivity (Wildman–Crippen MR) is 60.1 cm³/mol. The van der Waals surface area contributed by atoms with E-state index in [0.29, 0.717) is 24.0 Å². The van der Waals surface area contributed by atoms with E-state index in [1.807, 2.05) is 0 Å². The van der Waals surface area contributed by atoms with Crippen LogP contribution in [0.1, 0.15) is 23.2 Å². The molecule has 0 bridgehead atoms. The molecule has 1 aromatic rings. The first-order valence-corrected chi connectivity index (χ1v) is 5.40. The van der Waals surface area contributed by atoms with Crippen LogP contribution in [0.2, 0.25) is 0 Å². The Labute approximate surface area is 94.3 Å². The highest BCUT2D eigenvalue weighted by Gasteiger charge is 2.21. The number of esters is 1. The van der Waals surface area contributed by atoms with Crippen molar-refractivity contribution in [3.63, 3.8) is 0 Å². The first-order chi connectivity index (χ1) is 7.75. The highest BCUT2D eigenvalue weighted by atomic mass is 16.6. The number of nitrogen functional groups attached to an aromatic ring is 1. The molecule has 1 atom stereocenters. The van der Waals surface area contributed by atoms with Crippen molar-refractivity contribution in [2.45, 2.75) is 18.9 Å². The van der Waals surface area contributed by atoms with E-state index in [1.54, 1.807) is 24.3 Å². The zero-order chi connectivity index (χ0) is 11.4. The SMILES string of the molecule is Nc1ccc(C(=O)OCCCC2CO2)cc1. The van der Waals surface area contributed by atoms with E-state index in [0.717, 1.165) is 19.4 Å². The van der Waals surface area contributed by atoms with E-state index in [1.165, 1.54) is 0 Å². The molecule has 0 aromatic heterocycles. The minimum Gasteiger partial charge on any atom is -0.462 e. The Balaban J connectivity index is 1.71. The molecule has 0 radical (unpaired) electrons. The third-order valence-electron chi connectivity index (χ3n) is 2.45. The van der Waals surface area contributed by atoms with Crippen LogP contribution in [0.25, 0.3) is 0 Å². The summed E-state index contributed by atoms with van der Waals surface area (Å²) in [7, 11) is 0. The molecular formula is C12H15NO3. The zero-order valence-corrected chi connectivity index (χ0v) is 9.02. The van der Waals surface area contributed by atoms with Gasteiger partial charge in [0.2, 0.25) is 0 Å². The summed E-state index contributed by atoms with van der Waals surface area (Å²) >= 11 is 0. The van der Waals surface area contributed by atoms with Crippen molar-refractivity contribution in [2.75, 3.05) is 18.9 Å². The normalized spacial score (nSPS) is 18.1. The van der Waals surface area contributed by atoms with E-state index in [-0.39, 0.29) is 5.97 Å². The van der Waals surface area contributed by atoms with Gasteiger partial charge in [0.15, 0.2) is 0 Å². The molecule has 1 heterocycles. The highest BCUT2D eigenvalue weighted by Crippen LogP contribution is 2.15. The molecule has 86 valence electrons. The lowest BCUT2D eigenvalue weighted by Gasteiger charge is -2.04. The third kappa shape index (κ3) is 3.24. The van der Waals surface area contributed by atoms with Gasteiger partial charge in [0.05, 0.1) is 24.9 Å². The minimum absolute atomic E-state index is 0.295. The topological polar surface area (TPSA) is 64.9 Å². The van der Waals surface area contributed by atoms with E-state index >= 15 is 0 Å². The maximum atomic E-state index is 11.5. The summed E-state index contributed by atoms with van der Waals surface area (Å²) in [6.45, 7) is 1.30. The molecule has 2 N–H and O–H groups in total. The van der Waals surface area contributed by atoms with Crippen LogP contribution in [-0.4, -0.2) is 25.3 Å². The van der Waals surface area contributed by atoms with Crippen LogP contribution in [0.3, 0.4) is 0 Å². The Kier molecular flexibility index (Phi) is 3.41. The number of hydrogen-bond acceptors (Lipinski definition) is 4. The number of benzene rings is 1. The summed E-state index contributed by atoms with van der Waals surface area (Å²) in [5, 5.41) is 0. The number of ether oxygens (including phenoxy) is 2. The number of anilines is 1. The van der Waals surface area contributed by atoms with Crippen molar-refractivity contribution >= 4 is 11.7 Å². The first kappa shape index (κ1) is 11.0. The van der Waals surface area contributed by atoms with E-state index in [4.69, 9.17) is 15.2 Å². The van der Waals surface area contributed by atoms with Gasteiger partial charge in [-0.3, -0.25) is 0 Å². The lowest BCUT2D eigenvalue weighted by molar-refractivity contribution is 0.0496. The zero-order valence-electron chi connectivity index (χ0n) is 9.02. The molecule has 1 unspecified atom stereocenters. The molecule has 0 saturated carbocycles. The molecule has 1 aliphatic heterocycles. The second kappa shape index (κ2) is 4.99. The van der Waals surface area contributed by atoms with Crippen molar-refractivity contribution < 1.29 is 14.3 Å². The summed E-state index contributed by atoms with van der Waals surface area (Å²) in [5.74, 6) is -0.295. The van der Waals surface area contributed by atoms with Gasteiger partial charge < -0.3 is 15.2 Å². The summed E-state index contributed by atoms with van der Waals surface area (Å²) in [5.41, 5.74) is 6.70. The maximum absolute atomic E-state index is 11.5. The van der Waals surface area contributed by atoms with Gasteiger partial charge in [0.25, 0.3) is 0 Å². The predicted octanol–water partition coefficient (Wildman–Crippen LogP) is 1.60. The van der Waals surface area contributed by atoms with Gasteiger partial charge in [-0.05, 0) is 37.1 Å². The molecule has 1 aromatic carbocycles. The standard InChI is InChI=1S/C12H15NO3/c13-10-5-3-9(4-6-10)12(14)15-7-1-2-11-8-16-11/h3-6,11H,1-2,7-8,13H2. The summed E-state index contributed by atoms with van der Waals surface area (Å²) < 4.78 is 10.2. The molecule has 0 amide bonds. The smallest absolute Gasteiger partial charge is 0.338 e. The van der Waals surface area contributed by atoms with Crippen LogP contribution in [0.15, 0.2) is 24.3 Å². The van der Waals surface area contributed by atoms with Crippen LogP contribution in [0.5, 0.6) is 0 Å². The molecule has 2 rings (SSSR count).